The van der Waals surface area contributed by atoms with Gasteiger partial charge in [-0.05, 0) is 24.8 Å². The number of rotatable bonds is 7. The van der Waals surface area contributed by atoms with Crippen LogP contribution in [0, 0.1) is 5.92 Å². The van der Waals surface area contributed by atoms with Gasteiger partial charge in [0.05, 0.1) is 12.1 Å². The molecule has 0 saturated heterocycles. The molecule has 0 unspecified atom stereocenters. The van der Waals surface area contributed by atoms with E-state index in [1.54, 1.807) is 6.92 Å². The van der Waals surface area contributed by atoms with E-state index >= 15 is 0 Å². The number of benzene rings is 1. The van der Waals surface area contributed by atoms with Crippen LogP contribution in [-0.4, -0.2) is 23.3 Å². The Kier molecular flexibility index (Phi) is 6.96. The second-order valence-electron chi connectivity index (χ2n) is 5.73. The molecule has 1 amide bonds. The molecular weight excluding hydrogens is 266 g/mol. The van der Waals surface area contributed by atoms with E-state index in [1.807, 2.05) is 44.2 Å². The first-order chi connectivity index (χ1) is 9.90. The van der Waals surface area contributed by atoms with Gasteiger partial charge in [0.2, 0.25) is 0 Å². The maximum absolute atomic E-state index is 11.9. The molecule has 1 aromatic rings. The summed E-state index contributed by atoms with van der Waals surface area (Å²) >= 11 is 0. The molecular formula is C17H25NO3. The van der Waals surface area contributed by atoms with E-state index in [4.69, 9.17) is 4.74 Å². The minimum absolute atomic E-state index is 0.213. The molecule has 2 N–H and O–H groups in total. The predicted octanol–water partition coefficient (Wildman–Crippen LogP) is 3.26. The number of aliphatic hydroxyl groups excluding tert-OH is 1. The summed E-state index contributed by atoms with van der Waals surface area (Å²) in [6, 6.07) is 9.09. The van der Waals surface area contributed by atoms with Crippen molar-refractivity contribution in [2.24, 2.45) is 5.92 Å². The predicted molar refractivity (Wildman–Crippen MR) is 83.8 cm³/mol. The van der Waals surface area contributed by atoms with Gasteiger partial charge in [-0.2, -0.15) is 0 Å². The number of amides is 1. The Bertz CT molecular complexity index is 456. The van der Waals surface area contributed by atoms with Gasteiger partial charge in [0.25, 0.3) is 0 Å². The van der Waals surface area contributed by atoms with E-state index in [2.05, 4.69) is 11.9 Å². The summed E-state index contributed by atoms with van der Waals surface area (Å²) in [6.07, 6.45) is -0.629. The van der Waals surface area contributed by atoms with E-state index in [1.165, 1.54) is 0 Å². The fourth-order valence-corrected chi connectivity index (χ4v) is 2.03. The lowest BCUT2D eigenvalue weighted by atomic mass is 9.96. The lowest BCUT2D eigenvalue weighted by molar-refractivity contribution is 0.110. The highest BCUT2D eigenvalue weighted by atomic mass is 16.5. The molecule has 0 spiro atoms. The van der Waals surface area contributed by atoms with Crippen molar-refractivity contribution in [1.82, 2.24) is 5.32 Å². The summed E-state index contributed by atoms with van der Waals surface area (Å²) < 4.78 is 5.18. The van der Waals surface area contributed by atoms with E-state index in [9.17, 15) is 9.90 Å². The number of carbonyl (C=O) groups is 1. The van der Waals surface area contributed by atoms with Gasteiger partial charge >= 0.3 is 6.09 Å². The van der Waals surface area contributed by atoms with Gasteiger partial charge in [0.15, 0.2) is 0 Å². The third-order valence-corrected chi connectivity index (χ3v) is 3.13. The van der Waals surface area contributed by atoms with Gasteiger partial charge in [-0.1, -0.05) is 56.3 Å². The van der Waals surface area contributed by atoms with Gasteiger partial charge in [-0.25, -0.2) is 4.79 Å². The highest BCUT2D eigenvalue weighted by molar-refractivity contribution is 5.67. The molecule has 0 aliphatic carbocycles. The van der Waals surface area contributed by atoms with Crippen LogP contribution in [0.25, 0.3) is 0 Å². The van der Waals surface area contributed by atoms with Crippen molar-refractivity contribution in [1.29, 1.82) is 0 Å². The van der Waals surface area contributed by atoms with Crippen LogP contribution in [0.15, 0.2) is 42.5 Å². The summed E-state index contributed by atoms with van der Waals surface area (Å²) in [5, 5.41) is 12.8. The molecule has 1 rings (SSSR count). The third kappa shape index (κ3) is 6.45. The number of nitrogens with one attached hydrogen (secondary N) is 1. The highest BCUT2D eigenvalue weighted by Crippen LogP contribution is 2.13. The molecule has 0 aliphatic heterocycles. The van der Waals surface area contributed by atoms with Crippen LogP contribution in [0.4, 0.5) is 4.79 Å². The highest BCUT2D eigenvalue weighted by Gasteiger charge is 2.23. The second kappa shape index (κ2) is 8.47. The Labute approximate surface area is 126 Å². The Morgan fingerprint density at radius 3 is 2.48 bits per heavy atom. The Morgan fingerprint density at radius 1 is 1.33 bits per heavy atom. The van der Waals surface area contributed by atoms with Crippen LogP contribution >= 0.6 is 0 Å². The van der Waals surface area contributed by atoms with Gasteiger partial charge in [0.1, 0.15) is 6.61 Å². The second-order valence-corrected chi connectivity index (χ2v) is 5.73. The zero-order chi connectivity index (χ0) is 15.8. The SMILES string of the molecule is C=C(C)[C@@H](O)[C@@H](CC(C)C)NC(=O)OCc1ccccc1. The number of alkyl carbamates (subject to hydrolysis) is 1. The minimum Gasteiger partial charge on any atom is -0.445 e. The fraction of sp³-hybridized carbons (Fsp3) is 0.471. The van der Waals surface area contributed by atoms with Crippen molar-refractivity contribution in [2.75, 3.05) is 0 Å². The van der Waals surface area contributed by atoms with E-state index in [0.717, 1.165) is 5.56 Å². The van der Waals surface area contributed by atoms with Crippen LogP contribution in [0.3, 0.4) is 0 Å². The van der Waals surface area contributed by atoms with Crippen molar-refractivity contribution in [2.45, 2.75) is 45.9 Å². The third-order valence-electron chi connectivity index (χ3n) is 3.13. The molecule has 0 aromatic heterocycles. The number of aliphatic hydroxyl groups is 1. The summed E-state index contributed by atoms with van der Waals surface area (Å²) in [7, 11) is 0. The van der Waals surface area contributed by atoms with Crippen molar-refractivity contribution in [3.8, 4) is 0 Å². The first kappa shape index (κ1) is 17.2. The van der Waals surface area contributed by atoms with Gasteiger partial charge in [-0.15, -0.1) is 0 Å². The number of hydrogen-bond acceptors (Lipinski definition) is 3. The molecule has 4 nitrogen and oxygen atoms in total. The molecule has 21 heavy (non-hydrogen) atoms. The van der Waals surface area contributed by atoms with E-state index < -0.39 is 12.2 Å². The molecule has 0 radical (unpaired) electrons. The molecule has 116 valence electrons. The molecule has 2 atom stereocenters. The summed E-state index contributed by atoms with van der Waals surface area (Å²) in [5.74, 6) is 0.346. The topological polar surface area (TPSA) is 58.6 Å². The number of carbonyl (C=O) groups excluding carboxylic acids is 1. The monoisotopic (exact) mass is 291 g/mol. The normalized spacial score (nSPS) is 13.6. The first-order valence-electron chi connectivity index (χ1n) is 7.20. The summed E-state index contributed by atoms with van der Waals surface area (Å²) in [4.78, 5) is 11.9. The minimum atomic E-state index is -0.767. The van der Waals surface area contributed by atoms with E-state index in [0.29, 0.717) is 17.9 Å². The molecule has 0 bridgehead atoms. The fourth-order valence-electron chi connectivity index (χ4n) is 2.03. The Hall–Kier alpha value is -1.81. The van der Waals surface area contributed by atoms with Crippen molar-refractivity contribution in [3.63, 3.8) is 0 Å². The molecule has 0 saturated carbocycles. The van der Waals surface area contributed by atoms with E-state index in [-0.39, 0.29) is 12.6 Å². The lowest BCUT2D eigenvalue weighted by Crippen LogP contribution is -2.44. The quantitative estimate of drug-likeness (QED) is 0.758. The maximum atomic E-state index is 11.9. The van der Waals surface area contributed by atoms with Crippen LogP contribution in [0.2, 0.25) is 0 Å². The summed E-state index contributed by atoms with van der Waals surface area (Å²) in [6.45, 7) is 9.77. The van der Waals surface area contributed by atoms with Gasteiger partial charge in [-0.3, -0.25) is 0 Å². The Morgan fingerprint density at radius 2 is 1.95 bits per heavy atom. The smallest absolute Gasteiger partial charge is 0.407 e. The summed E-state index contributed by atoms with van der Waals surface area (Å²) in [5.41, 5.74) is 1.55. The maximum Gasteiger partial charge on any atom is 0.407 e. The average molecular weight is 291 g/mol. The van der Waals surface area contributed by atoms with Crippen LogP contribution in [0.5, 0.6) is 0 Å². The van der Waals surface area contributed by atoms with Gasteiger partial charge < -0.3 is 15.2 Å². The first-order valence-corrected chi connectivity index (χ1v) is 7.20. The average Bonchev–Trinajstić information content (AvgIpc) is 2.44. The number of ether oxygens (including phenoxy) is 1. The molecule has 4 heteroatoms. The molecule has 1 aromatic carbocycles. The van der Waals surface area contributed by atoms with Crippen LogP contribution in [-0.2, 0) is 11.3 Å². The number of hydrogen-bond donors (Lipinski definition) is 2. The largest absolute Gasteiger partial charge is 0.445 e. The van der Waals surface area contributed by atoms with Crippen molar-refractivity contribution in [3.05, 3.63) is 48.0 Å². The van der Waals surface area contributed by atoms with Gasteiger partial charge in [0, 0.05) is 0 Å². The molecule has 0 aliphatic rings. The lowest BCUT2D eigenvalue weighted by Gasteiger charge is -2.25. The van der Waals surface area contributed by atoms with Crippen LogP contribution < -0.4 is 5.32 Å². The molecule has 0 heterocycles. The molecule has 0 fully saturated rings. The zero-order valence-corrected chi connectivity index (χ0v) is 13.0. The zero-order valence-electron chi connectivity index (χ0n) is 13.0. The van der Waals surface area contributed by atoms with Crippen molar-refractivity contribution < 1.29 is 14.6 Å². The standard InChI is InChI=1S/C17H25NO3/c1-12(2)10-15(16(19)13(3)4)18-17(20)21-11-14-8-6-5-7-9-14/h5-9,12,15-16,19H,3,10-11H2,1-2,4H3,(H,18,20)/t15-,16-/m1/s1. The van der Waals surface area contributed by atoms with Crippen LogP contribution in [0.1, 0.15) is 32.8 Å². The van der Waals surface area contributed by atoms with Crippen molar-refractivity contribution >= 4 is 6.09 Å². The Balaban J connectivity index is 2.53.